The zero-order chi connectivity index (χ0) is 24.6. The van der Waals surface area contributed by atoms with Crippen LogP contribution in [0.3, 0.4) is 0 Å². The van der Waals surface area contributed by atoms with Crippen molar-refractivity contribution in [1.29, 1.82) is 0 Å². The second-order valence-electron chi connectivity index (χ2n) is 8.45. The molecule has 4 aromatic rings. The third kappa shape index (κ3) is 4.81. The first-order valence-electron chi connectivity index (χ1n) is 11.0. The summed E-state index contributed by atoms with van der Waals surface area (Å²) in [5, 5.41) is 14.2. The average molecular weight is 543 g/mol. The number of nitrogens with zero attached hydrogens (tertiary/aromatic N) is 4. The lowest BCUT2D eigenvalue weighted by Gasteiger charge is -2.11. The summed E-state index contributed by atoms with van der Waals surface area (Å²) in [6.45, 7) is 12.8. The molecule has 1 N–H and O–H groups in total. The molecule has 3 aromatic heterocycles. The van der Waals surface area contributed by atoms with Gasteiger partial charge in [0.05, 0.1) is 37.8 Å². The minimum atomic E-state index is -0.150. The van der Waals surface area contributed by atoms with Crippen molar-refractivity contribution in [2.75, 3.05) is 5.32 Å². The first-order chi connectivity index (χ1) is 16.2. The van der Waals surface area contributed by atoms with Gasteiger partial charge in [-0.3, -0.25) is 4.79 Å². The number of rotatable bonds is 7. The minimum absolute atomic E-state index is 0.150. The SMILES string of the molecule is Cc1cccc(C)c1OCc1csc(C(=O)Nc2c(C)nn(Cn3nc(C)c(Br)c3C)c2C)c1. The Morgan fingerprint density at radius 1 is 1.03 bits per heavy atom. The first-order valence-corrected chi connectivity index (χ1v) is 12.6. The van der Waals surface area contributed by atoms with Crippen LogP contribution in [0.5, 0.6) is 5.75 Å². The fourth-order valence-corrected chi connectivity index (χ4v) is 4.96. The number of aromatic nitrogens is 4. The van der Waals surface area contributed by atoms with Crippen molar-refractivity contribution in [3.63, 3.8) is 0 Å². The summed E-state index contributed by atoms with van der Waals surface area (Å²) in [6, 6.07) is 7.98. The van der Waals surface area contributed by atoms with Gasteiger partial charge in [-0.1, -0.05) is 18.2 Å². The topological polar surface area (TPSA) is 74.0 Å². The van der Waals surface area contributed by atoms with E-state index in [0.717, 1.165) is 55.4 Å². The molecule has 0 aliphatic carbocycles. The Kier molecular flexibility index (Phi) is 6.95. The van der Waals surface area contributed by atoms with Gasteiger partial charge in [0, 0.05) is 5.56 Å². The average Bonchev–Trinajstić information content (AvgIpc) is 3.44. The Morgan fingerprint density at radius 2 is 1.68 bits per heavy atom. The van der Waals surface area contributed by atoms with Gasteiger partial charge >= 0.3 is 0 Å². The number of para-hydroxylation sites is 1. The molecule has 4 rings (SSSR count). The van der Waals surface area contributed by atoms with Gasteiger partial charge in [0.2, 0.25) is 0 Å². The smallest absolute Gasteiger partial charge is 0.265 e. The van der Waals surface area contributed by atoms with E-state index in [9.17, 15) is 4.79 Å². The summed E-state index contributed by atoms with van der Waals surface area (Å²) in [5.41, 5.74) is 7.51. The van der Waals surface area contributed by atoms with Crippen molar-refractivity contribution < 1.29 is 9.53 Å². The molecule has 1 aromatic carbocycles. The Labute approximate surface area is 211 Å². The lowest BCUT2D eigenvalue weighted by atomic mass is 10.1. The molecular weight excluding hydrogens is 514 g/mol. The number of ether oxygens (including phenoxy) is 1. The van der Waals surface area contributed by atoms with Gasteiger partial charge in [0.15, 0.2) is 0 Å². The molecule has 0 spiro atoms. The van der Waals surface area contributed by atoms with Crippen molar-refractivity contribution in [2.24, 2.45) is 0 Å². The third-order valence-electron chi connectivity index (χ3n) is 5.85. The van der Waals surface area contributed by atoms with E-state index in [1.54, 1.807) is 0 Å². The summed E-state index contributed by atoms with van der Waals surface area (Å²) in [5.74, 6) is 0.746. The van der Waals surface area contributed by atoms with Crippen LogP contribution in [0.25, 0.3) is 0 Å². The molecule has 9 heteroatoms. The highest BCUT2D eigenvalue weighted by molar-refractivity contribution is 9.10. The maximum atomic E-state index is 13.0. The number of hydrogen-bond acceptors (Lipinski definition) is 5. The van der Waals surface area contributed by atoms with E-state index >= 15 is 0 Å². The number of carbonyl (C=O) groups is 1. The summed E-state index contributed by atoms with van der Waals surface area (Å²) >= 11 is 4.97. The second kappa shape index (κ2) is 9.76. The predicted octanol–water partition coefficient (Wildman–Crippen LogP) is 6.09. The fraction of sp³-hybridized carbons (Fsp3) is 0.320. The van der Waals surface area contributed by atoms with E-state index in [2.05, 4.69) is 31.4 Å². The van der Waals surface area contributed by atoms with Gasteiger partial charge in [-0.25, -0.2) is 9.36 Å². The molecule has 0 saturated carbocycles. The summed E-state index contributed by atoms with van der Waals surface area (Å²) in [6.07, 6.45) is 0. The Balaban J connectivity index is 1.45. The van der Waals surface area contributed by atoms with E-state index in [4.69, 9.17) is 4.74 Å². The number of benzene rings is 1. The van der Waals surface area contributed by atoms with Crippen molar-refractivity contribution in [2.45, 2.75) is 54.8 Å². The van der Waals surface area contributed by atoms with Gasteiger partial charge < -0.3 is 10.1 Å². The molecular formula is C25H28BrN5O2S. The molecule has 0 aliphatic rings. The normalized spacial score (nSPS) is 11.1. The molecule has 7 nitrogen and oxygen atoms in total. The number of nitrogens with one attached hydrogen (secondary N) is 1. The zero-order valence-electron chi connectivity index (χ0n) is 20.2. The van der Waals surface area contributed by atoms with Crippen molar-refractivity contribution in [1.82, 2.24) is 19.6 Å². The van der Waals surface area contributed by atoms with Crippen LogP contribution in [-0.2, 0) is 13.3 Å². The maximum Gasteiger partial charge on any atom is 0.265 e. The monoisotopic (exact) mass is 541 g/mol. The Morgan fingerprint density at radius 3 is 2.32 bits per heavy atom. The molecule has 1 amide bonds. The Bertz CT molecular complexity index is 1350. The van der Waals surface area contributed by atoms with Gasteiger partial charge in [-0.05, 0) is 80.0 Å². The molecule has 3 heterocycles. The standard InChI is InChI=1S/C25H28BrN5O2S/c1-14-8-7-9-15(2)24(14)33-11-20-10-21(34-12-20)25(32)27-23-17(4)29-31(19(23)6)13-30-18(5)22(26)16(3)28-30/h7-10,12H,11,13H2,1-6H3,(H,27,32). The quantitative estimate of drug-likeness (QED) is 0.307. The van der Waals surface area contributed by atoms with E-state index in [1.807, 2.05) is 80.6 Å². The molecule has 0 bridgehead atoms. The van der Waals surface area contributed by atoms with Crippen LogP contribution < -0.4 is 10.1 Å². The number of halogens is 1. The lowest BCUT2D eigenvalue weighted by molar-refractivity contribution is 0.103. The first kappa shape index (κ1) is 24.2. The van der Waals surface area contributed by atoms with Crippen LogP contribution in [0.1, 0.15) is 49.1 Å². The highest BCUT2D eigenvalue weighted by Crippen LogP contribution is 2.26. The third-order valence-corrected chi connectivity index (χ3v) is 7.98. The van der Waals surface area contributed by atoms with Gasteiger partial charge in [0.1, 0.15) is 19.0 Å². The van der Waals surface area contributed by atoms with Gasteiger partial charge in [-0.2, -0.15) is 10.2 Å². The molecule has 0 radical (unpaired) electrons. The van der Waals surface area contributed by atoms with Crippen molar-refractivity contribution in [3.8, 4) is 5.75 Å². The van der Waals surface area contributed by atoms with Crippen molar-refractivity contribution >= 4 is 38.9 Å². The molecule has 0 aliphatic heterocycles. The lowest BCUT2D eigenvalue weighted by Crippen LogP contribution is -2.15. The second-order valence-corrected chi connectivity index (χ2v) is 10.2. The molecule has 0 unspecified atom stereocenters. The number of amides is 1. The van der Waals surface area contributed by atoms with Crippen LogP contribution >= 0.6 is 27.3 Å². The van der Waals surface area contributed by atoms with Gasteiger partial charge in [0.25, 0.3) is 5.91 Å². The van der Waals surface area contributed by atoms with Gasteiger partial charge in [-0.15, -0.1) is 11.3 Å². The van der Waals surface area contributed by atoms with Crippen molar-refractivity contribution in [3.05, 3.63) is 78.5 Å². The fourth-order valence-electron chi connectivity index (χ4n) is 3.88. The number of anilines is 1. The van der Waals surface area contributed by atoms with Crippen LogP contribution in [0, 0.1) is 41.5 Å². The summed E-state index contributed by atoms with van der Waals surface area (Å²) < 4.78 is 10.8. The van der Waals surface area contributed by atoms with E-state index < -0.39 is 0 Å². The largest absolute Gasteiger partial charge is 0.488 e. The Hall–Kier alpha value is -2.91. The molecule has 0 saturated heterocycles. The van der Waals surface area contributed by atoms with E-state index in [0.29, 0.717) is 18.2 Å². The molecule has 0 atom stereocenters. The minimum Gasteiger partial charge on any atom is -0.488 e. The number of thiophene rings is 1. The van der Waals surface area contributed by atoms with E-state index in [1.165, 1.54) is 11.3 Å². The van der Waals surface area contributed by atoms with E-state index in [-0.39, 0.29) is 5.91 Å². The number of hydrogen-bond donors (Lipinski definition) is 1. The zero-order valence-corrected chi connectivity index (χ0v) is 22.6. The number of carbonyl (C=O) groups excluding carboxylic acids is 1. The van der Waals surface area contributed by atoms with Crippen LogP contribution in [-0.4, -0.2) is 25.5 Å². The highest BCUT2D eigenvalue weighted by atomic mass is 79.9. The summed E-state index contributed by atoms with van der Waals surface area (Å²) in [7, 11) is 0. The molecule has 178 valence electrons. The molecule has 34 heavy (non-hydrogen) atoms. The van der Waals surface area contributed by atoms with Crippen LogP contribution in [0.15, 0.2) is 34.1 Å². The van der Waals surface area contributed by atoms with Crippen LogP contribution in [0.2, 0.25) is 0 Å². The highest BCUT2D eigenvalue weighted by Gasteiger charge is 2.18. The summed E-state index contributed by atoms with van der Waals surface area (Å²) in [4.78, 5) is 13.6. The van der Waals surface area contributed by atoms with Crippen LogP contribution in [0.4, 0.5) is 5.69 Å². The predicted molar refractivity (Wildman–Crippen MR) is 139 cm³/mol. The maximum absolute atomic E-state index is 13.0. The number of aryl methyl sites for hydroxylation is 4. The molecule has 0 fully saturated rings.